The largest absolute Gasteiger partial charge is 0.460 e. The van der Waals surface area contributed by atoms with Gasteiger partial charge in [0.25, 0.3) is 0 Å². The van der Waals surface area contributed by atoms with Crippen molar-refractivity contribution in [2.45, 2.75) is 123 Å². The maximum atomic E-state index is 11.7. The standard InChI is InChI=1S/C11H20O4.C11H18O4/c2*1-5-7-6(2)8-9(10(12)13-7)15-11(3,4)14-8/h6-10,12H,5H2,1-4H3;6-9H,5H2,1-4H3/t6-,7-,8+,9+,10?;6-,7-,8+,9+/m00/s1. The van der Waals surface area contributed by atoms with E-state index in [1.165, 1.54) is 0 Å². The molecule has 0 aromatic heterocycles. The van der Waals surface area contributed by atoms with E-state index in [0.29, 0.717) is 0 Å². The highest BCUT2D eigenvalue weighted by Crippen LogP contribution is 2.40. The third kappa shape index (κ3) is 4.69. The number of cyclic esters (lactones) is 1. The summed E-state index contributed by atoms with van der Waals surface area (Å²) in [6.07, 6.45) is -0.269. The smallest absolute Gasteiger partial charge is 0.338 e. The van der Waals surface area contributed by atoms with Crippen molar-refractivity contribution < 1.29 is 38.3 Å². The number of aliphatic hydroxyl groups excluding tert-OH is 1. The number of carbonyl (C=O) groups is 1. The van der Waals surface area contributed by atoms with Gasteiger partial charge in [-0.2, -0.15) is 0 Å². The van der Waals surface area contributed by atoms with Crippen LogP contribution in [0.15, 0.2) is 0 Å². The van der Waals surface area contributed by atoms with Gasteiger partial charge in [-0.3, -0.25) is 0 Å². The SMILES string of the molecule is CC[C@@H]1OC(=O)[C@@H]2OC(C)(C)O[C@@H]2[C@H]1C.CC[C@@H]1OC(O)[C@@H]2OC(C)(C)O[C@@H]2[C@H]1C. The molecule has 8 nitrogen and oxygen atoms in total. The molecule has 0 amide bonds. The molecular formula is C22H38O8. The minimum absolute atomic E-state index is 0.0451. The molecule has 4 aliphatic heterocycles. The molecule has 0 aliphatic carbocycles. The van der Waals surface area contributed by atoms with Crippen LogP contribution in [0.3, 0.4) is 0 Å². The van der Waals surface area contributed by atoms with Crippen LogP contribution >= 0.6 is 0 Å². The second-order valence-corrected chi connectivity index (χ2v) is 9.66. The molecule has 4 fully saturated rings. The van der Waals surface area contributed by atoms with Gasteiger partial charge in [-0.25, -0.2) is 4.79 Å². The summed E-state index contributed by atoms with van der Waals surface area (Å²) in [4.78, 5) is 11.7. The molecule has 0 radical (unpaired) electrons. The van der Waals surface area contributed by atoms with E-state index < -0.39 is 24.0 Å². The lowest BCUT2D eigenvalue weighted by Crippen LogP contribution is -2.51. The second-order valence-electron chi connectivity index (χ2n) is 9.66. The molecule has 4 rings (SSSR count). The predicted molar refractivity (Wildman–Crippen MR) is 107 cm³/mol. The average molecular weight is 431 g/mol. The van der Waals surface area contributed by atoms with Crippen LogP contribution in [-0.4, -0.2) is 65.6 Å². The molecule has 30 heavy (non-hydrogen) atoms. The topological polar surface area (TPSA) is 92.7 Å². The van der Waals surface area contributed by atoms with E-state index in [0.717, 1.165) is 12.8 Å². The van der Waals surface area contributed by atoms with Crippen LogP contribution < -0.4 is 0 Å². The summed E-state index contributed by atoms with van der Waals surface area (Å²) in [5.41, 5.74) is 0. The van der Waals surface area contributed by atoms with Gasteiger partial charge in [-0.05, 0) is 40.5 Å². The first-order valence-electron chi connectivity index (χ1n) is 11.1. The number of hydrogen-bond acceptors (Lipinski definition) is 8. The Hall–Kier alpha value is -0.770. The van der Waals surface area contributed by atoms with Gasteiger partial charge >= 0.3 is 5.97 Å². The minimum Gasteiger partial charge on any atom is -0.460 e. The fraction of sp³-hybridized carbons (Fsp3) is 0.955. The number of fused-ring (bicyclic) bond motifs is 2. The minimum atomic E-state index is -0.863. The van der Waals surface area contributed by atoms with Gasteiger partial charge in [0.2, 0.25) is 0 Å². The second kappa shape index (κ2) is 8.64. The van der Waals surface area contributed by atoms with E-state index >= 15 is 0 Å². The van der Waals surface area contributed by atoms with Gasteiger partial charge in [0, 0.05) is 11.8 Å². The summed E-state index contributed by atoms with van der Waals surface area (Å²) < 4.78 is 33.5. The lowest BCUT2D eigenvalue weighted by Gasteiger charge is -2.38. The lowest BCUT2D eigenvalue weighted by molar-refractivity contribution is -0.243. The predicted octanol–water partition coefficient (Wildman–Crippen LogP) is 2.75. The van der Waals surface area contributed by atoms with Gasteiger partial charge < -0.3 is 33.5 Å². The van der Waals surface area contributed by atoms with Crippen molar-refractivity contribution in [1.82, 2.24) is 0 Å². The highest BCUT2D eigenvalue weighted by Gasteiger charge is 2.54. The summed E-state index contributed by atoms with van der Waals surface area (Å²) >= 11 is 0. The molecule has 1 unspecified atom stereocenters. The fourth-order valence-electron chi connectivity index (χ4n) is 4.85. The van der Waals surface area contributed by atoms with Crippen molar-refractivity contribution in [2.24, 2.45) is 11.8 Å². The summed E-state index contributed by atoms with van der Waals surface area (Å²) in [5, 5.41) is 9.80. The van der Waals surface area contributed by atoms with Crippen LogP contribution in [0.1, 0.15) is 68.2 Å². The third-order valence-electron chi connectivity index (χ3n) is 6.40. The van der Waals surface area contributed by atoms with Crippen molar-refractivity contribution in [3.63, 3.8) is 0 Å². The molecule has 0 saturated carbocycles. The summed E-state index contributed by atoms with van der Waals surface area (Å²) in [6.45, 7) is 15.6. The van der Waals surface area contributed by atoms with Gasteiger partial charge in [-0.1, -0.05) is 27.7 Å². The highest BCUT2D eigenvalue weighted by atomic mass is 16.8. The zero-order chi connectivity index (χ0) is 22.4. The number of carbonyl (C=O) groups excluding carboxylic acids is 1. The van der Waals surface area contributed by atoms with E-state index in [1.807, 2.05) is 41.5 Å². The molecule has 0 aromatic rings. The number of hydrogen-bond donors (Lipinski definition) is 1. The van der Waals surface area contributed by atoms with Crippen LogP contribution in [0.5, 0.6) is 0 Å². The molecular weight excluding hydrogens is 392 g/mol. The Morgan fingerprint density at radius 1 is 0.800 bits per heavy atom. The van der Waals surface area contributed by atoms with Crippen molar-refractivity contribution in [1.29, 1.82) is 0 Å². The first-order chi connectivity index (χ1) is 13.9. The molecule has 9 atom stereocenters. The maximum Gasteiger partial charge on any atom is 0.338 e. The number of aliphatic hydroxyl groups is 1. The summed E-state index contributed by atoms with van der Waals surface area (Å²) in [7, 11) is 0. The van der Waals surface area contributed by atoms with Gasteiger partial charge in [0.15, 0.2) is 24.0 Å². The lowest BCUT2D eigenvalue weighted by atomic mass is 9.89. The van der Waals surface area contributed by atoms with E-state index in [4.69, 9.17) is 28.4 Å². The summed E-state index contributed by atoms with van der Waals surface area (Å²) in [5.74, 6) is -1.12. The van der Waals surface area contributed by atoms with Crippen LogP contribution in [0.4, 0.5) is 0 Å². The van der Waals surface area contributed by atoms with Crippen LogP contribution in [-0.2, 0) is 33.2 Å². The van der Waals surface area contributed by atoms with Crippen LogP contribution in [0, 0.1) is 11.8 Å². The molecule has 4 aliphatic rings. The molecule has 8 heteroatoms. The number of esters is 1. The van der Waals surface area contributed by atoms with Crippen molar-refractivity contribution >= 4 is 5.97 Å². The molecule has 0 bridgehead atoms. The number of ether oxygens (including phenoxy) is 6. The molecule has 174 valence electrons. The maximum absolute atomic E-state index is 11.7. The first kappa shape index (κ1) is 23.9. The molecule has 4 saturated heterocycles. The van der Waals surface area contributed by atoms with Crippen molar-refractivity contribution in [2.75, 3.05) is 0 Å². The highest BCUT2D eigenvalue weighted by molar-refractivity contribution is 5.77. The van der Waals surface area contributed by atoms with Crippen molar-refractivity contribution in [3.8, 4) is 0 Å². The van der Waals surface area contributed by atoms with Gasteiger partial charge in [-0.15, -0.1) is 0 Å². The van der Waals surface area contributed by atoms with Gasteiger partial charge in [0.05, 0.1) is 12.2 Å². The Labute approximate surface area is 179 Å². The third-order valence-corrected chi connectivity index (χ3v) is 6.40. The zero-order valence-corrected chi connectivity index (χ0v) is 19.4. The van der Waals surface area contributed by atoms with E-state index in [9.17, 15) is 9.90 Å². The van der Waals surface area contributed by atoms with E-state index in [-0.39, 0.29) is 48.3 Å². The Morgan fingerprint density at radius 2 is 1.30 bits per heavy atom. The Balaban J connectivity index is 0.000000171. The Morgan fingerprint density at radius 3 is 1.90 bits per heavy atom. The van der Waals surface area contributed by atoms with Gasteiger partial charge in [0.1, 0.15) is 18.3 Å². The van der Waals surface area contributed by atoms with E-state index in [1.54, 1.807) is 0 Å². The normalized spacial score (nSPS) is 46.3. The first-order valence-corrected chi connectivity index (χ1v) is 11.1. The Kier molecular flexibility index (Phi) is 6.88. The Bertz CT molecular complexity index is 620. The van der Waals surface area contributed by atoms with E-state index in [2.05, 4.69) is 13.8 Å². The zero-order valence-electron chi connectivity index (χ0n) is 19.4. The van der Waals surface area contributed by atoms with Crippen molar-refractivity contribution in [3.05, 3.63) is 0 Å². The monoisotopic (exact) mass is 430 g/mol. The van der Waals surface area contributed by atoms with Crippen LogP contribution in [0.25, 0.3) is 0 Å². The summed E-state index contributed by atoms with van der Waals surface area (Å²) in [6, 6.07) is 0. The molecule has 1 N–H and O–H groups in total. The fourth-order valence-corrected chi connectivity index (χ4v) is 4.85. The quantitative estimate of drug-likeness (QED) is 0.669. The molecule has 0 aromatic carbocycles. The average Bonchev–Trinajstić information content (AvgIpc) is 3.18. The van der Waals surface area contributed by atoms with Crippen LogP contribution in [0.2, 0.25) is 0 Å². The molecule has 0 spiro atoms. The molecule has 4 heterocycles. The number of rotatable bonds is 2.